The van der Waals surface area contributed by atoms with Crippen molar-refractivity contribution in [2.75, 3.05) is 18.5 Å². The number of hydrogen-bond donors (Lipinski definition) is 2. The van der Waals surface area contributed by atoms with E-state index in [1.165, 1.54) is 24.3 Å². The van der Waals surface area contributed by atoms with E-state index in [1.54, 1.807) is 4.57 Å². The normalized spacial score (nSPS) is 10.4. The Balaban J connectivity index is 0.00000208. The van der Waals surface area contributed by atoms with Gasteiger partial charge >= 0.3 is 0 Å². The molecule has 0 bridgehead atoms. The summed E-state index contributed by atoms with van der Waals surface area (Å²) in [5, 5.41) is 12.0. The van der Waals surface area contributed by atoms with Crippen LogP contribution in [0.4, 0.5) is 10.3 Å². The maximum absolute atomic E-state index is 13.0. The van der Waals surface area contributed by atoms with Crippen LogP contribution in [0.2, 0.25) is 0 Å². The van der Waals surface area contributed by atoms with Crippen LogP contribution in [0.15, 0.2) is 48.5 Å². The molecule has 7 heteroatoms. The van der Waals surface area contributed by atoms with Crippen LogP contribution in [0.1, 0.15) is 10.4 Å². The Labute approximate surface area is 148 Å². The third-order valence-corrected chi connectivity index (χ3v) is 3.52. The number of carbonyl (C=O) groups excluding carboxylic acids is 1. The molecule has 0 saturated carbocycles. The molecule has 0 amide bonds. The molecule has 126 valence electrons. The molecule has 5 nitrogen and oxygen atoms in total. The number of hydrogen-bond acceptors (Lipinski definition) is 4. The van der Waals surface area contributed by atoms with E-state index < -0.39 is 0 Å². The molecule has 2 aromatic carbocycles. The van der Waals surface area contributed by atoms with E-state index in [4.69, 9.17) is 5.11 Å². The summed E-state index contributed by atoms with van der Waals surface area (Å²) in [5.41, 5.74) is 2.03. The summed E-state index contributed by atoms with van der Waals surface area (Å²) in [5.74, 6) is 0.0100. The first-order valence-corrected chi connectivity index (χ1v) is 7.28. The number of halogens is 2. The topological polar surface area (TPSA) is 67.2 Å². The van der Waals surface area contributed by atoms with Gasteiger partial charge in [-0.05, 0) is 36.4 Å². The van der Waals surface area contributed by atoms with Crippen molar-refractivity contribution in [3.8, 4) is 0 Å². The summed E-state index contributed by atoms with van der Waals surface area (Å²) in [6, 6.07) is 13.0. The van der Waals surface area contributed by atoms with E-state index in [0.717, 1.165) is 11.0 Å². The average molecular weight is 393 g/mol. The fourth-order valence-corrected chi connectivity index (χ4v) is 2.41. The highest BCUT2D eigenvalue weighted by molar-refractivity contribution is 5.97. The number of imidazole rings is 1. The highest BCUT2D eigenvalue weighted by Gasteiger charge is 2.14. The number of aliphatic hydroxyl groups excluding tert-OH is 1. The summed E-state index contributed by atoms with van der Waals surface area (Å²) in [7, 11) is 0. The summed E-state index contributed by atoms with van der Waals surface area (Å²) >= 11 is 0. The molecule has 2 N–H and O–H groups in total. The zero-order chi connectivity index (χ0) is 16.2. The molecule has 1 aromatic heterocycles. The lowest BCUT2D eigenvalue weighted by Crippen LogP contribution is -3.00. The molecular formula is C17H16BrFN3O2-. The van der Waals surface area contributed by atoms with Gasteiger partial charge in [-0.15, -0.1) is 0 Å². The predicted octanol–water partition coefficient (Wildman–Crippen LogP) is -0.534. The number of benzene rings is 2. The van der Waals surface area contributed by atoms with Crippen LogP contribution in [0.25, 0.3) is 11.0 Å². The Morgan fingerprint density at radius 2 is 1.88 bits per heavy atom. The quantitative estimate of drug-likeness (QED) is 0.553. The SMILES string of the molecule is O=C(Cn1c(NCCO)nc2ccccc21)c1ccc(F)cc1.[Br-]. The monoisotopic (exact) mass is 392 g/mol. The Kier molecular flexibility index (Phi) is 6.05. The first kappa shape index (κ1) is 18.1. The Morgan fingerprint density at radius 3 is 2.58 bits per heavy atom. The van der Waals surface area contributed by atoms with Crippen LogP contribution < -0.4 is 22.3 Å². The van der Waals surface area contributed by atoms with Crippen molar-refractivity contribution in [2.24, 2.45) is 0 Å². The molecule has 0 radical (unpaired) electrons. The van der Waals surface area contributed by atoms with Crippen LogP contribution >= 0.6 is 0 Å². The highest BCUT2D eigenvalue weighted by Crippen LogP contribution is 2.20. The molecule has 0 saturated heterocycles. The fourth-order valence-electron chi connectivity index (χ4n) is 2.41. The number of carbonyl (C=O) groups is 1. The third-order valence-electron chi connectivity index (χ3n) is 3.52. The maximum Gasteiger partial charge on any atom is 0.204 e. The van der Waals surface area contributed by atoms with Crippen LogP contribution in [-0.2, 0) is 6.54 Å². The molecule has 0 aliphatic heterocycles. The second-order valence-electron chi connectivity index (χ2n) is 5.09. The lowest BCUT2D eigenvalue weighted by atomic mass is 10.1. The van der Waals surface area contributed by atoms with Gasteiger partial charge in [0.1, 0.15) is 5.82 Å². The average Bonchev–Trinajstić information content (AvgIpc) is 2.91. The predicted molar refractivity (Wildman–Crippen MR) is 86.0 cm³/mol. The van der Waals surface area contributed by atoms with Crippen LogP contribution in [0.5, 0.6) is 0 Å². The zero-order valence-electron chi connectivity index (χ0n) is 12.7. The van der Waals surface area contributed by atoms with E-state index in [9.17, 15) is 9.18 Å². The van der Waals surface area contributed by atoms with Crippen LogP contribution in [0.3, 0.4) is 0 Å². The van der Waals surface area contributed by atoms with Gasteiger partial charge in [0.2, 0.25) is 5.95 Å². The molecule has 1 heterocycles. The maximum atomic E-state index is 13.0. The Morgan fingerprint density at radius 1 is 1.17 bits per heavy atom. The van der Waals surface area contributed by atoms with Gasteiger partial charge in [0, 0.05) is 12.1 Å². The smallest absolute Gasteiger partial charge is 0.204 e. The number of nitrogens with zero attached hydrogens (tertiary/aromatic N) is 2. The van der Waals surface area contributed by atoms with Crippen molar-refractivity contribution in [1.29, 1.82) is 0 Å². The Bertz CT molecular complexity index is 833. The van der Waals surface area contributed by atoms with Gasteiger partial charge in [0.15, 0.2) is 5.78 Å². The van der Waals surface area contributed by atoms with Gasteiger partial charge < -0.3 is 32.0 Å². The van der Waals surface area contributed by atoms with Crippen LogP contribution in [0, 0.1) is 5.82 Å². The molecule has 0 unspecified atom stereocenters. The number of para-hydroxylation sites is 2. The van der Waals surface area contributed by atoms with E-state index >= 15 is 0 Å². The lowest BCUT2D eigenvalue weighted by molar-refractivity contribution is -0.0000142. The number of ketones is 1. The number of rotatable bonds is 6. The molecule has 0 atom stereocenters. The van der Waals surface area contributed by atoms with Crippen molar-refractivity contribution in [3.63, 3.8) is 0 Å². The molecule has 0 aliphatic carbocycles. The van der Waals surface area contributed by atoms with Gasteiger partial charge in [-0.3, -0.25) is 4.79 Å². The number of fused-ring (bicyclic) bond motifs is 1. The van der Waals surface area contributed by atoms with Crippen LogP contribution in [-0.4, -0.2) is 33.6 Å². The summed E-state index contributed by atoms with van der Waals surface area (Å²) in [4.78, 5) is 16.9. The summed E-state index contributed by atoms with van der Waals surface area (Å²) in [6.07, 6.45) is 0. The van der Waals surface area contributed by atoms with Gasteiger partial charge in [0.25, 0.3) is 0 Å². The first-order chi connectivity index (χ1) is 11.2. The standard InChI is InChI=1S/C17H16FN3O2.BrH/c18-13-7-5-12(6-8-13)16(23)11-21-15-4-2-1-3-14(15)20-17(21)19-9-10-22;/h1-8,22H,9-11H2,(H,19,20);1H/p-1. The molecule has 0 fully saturated rings. The van der Waals surface area contributed by atoms with E-state index in [-0.39, 0.29) is 41.7 Å². The van der Waals surface area contributed by atoms with E-state index in [2.05, 4.69) is 10.3 Å². The van der Waals surface area contributed by atoms with Crippen molar-refractivity contribution in [3.05, 3.63) is 59.9 Å². The summed E-state index contributed by atoms with van der Waals surface area (Å²) in [6.45, 7) is 0.392. The van der Waals surface area contributed by atoms with Gasteiger partial charge in [-0.1, -0.05) is 12.1 Å². The fraction of sp³-hybridized carbons (Fsp3) is 0.176. The van der Waals surface area contributed by atoms with Crippen molar-refractivity contribution in [2.45, 2.75) is 6.54 Å². The number of nitrogens with one attached hydrogen (secondary N) is 1. The van der Waals surface area contributed by atoms with Crippen molar-refractivity contribution in [1.82, 2.24) is 9.55 Å². The van der Waals surface area contributed by atoms with Crippen molar-refractivity contribution < 1.29 is 31.3 Å². The molecule has 0 aliphatic rings. The molecule has 24 heavy (non-hydrogen) atoms. The molecule has 3 aromatic rings. The number of anilines is 1. The second kappa shape index (κ2) is 8.03. The van der Waals surface area contributed by atoms with E-state index in [0.29, 0.717) is 18.1 Å². The number of Topliss-reactive ketones (excluding diaryl/α,β-unsaturated/α-hetero) is 1. The van der Waals surface area contributed by atoms with Gasteiger partial charge in [-0.25, -0.2) is 9.37 Å². The van der Waals surface area contributed by atoms with Gasteiger partial charge in [-0.2, -0.15) is 0 Å². The van der Waals surface area contributed by atoms with Gasteiger partial charge in [0.05, 0.1) is 24.2 Å². The minimum absolute atomic E-state index is 0. The highest BCUT2D eigenvalue weighted by atomic mass is 79.9. The molecule has 0 spiro atoms. The second-order valence-corrected chi connectivity index (χ2v) is 5.09. The zero-order valence-corrected chi connectivity index (χ0v) is 14.3. The largest absolute Gasteiger partial charge is 1.00 e. The minimum atomic E-state index is -0.375. The lowest BCUT2D eigenvalue weighted by Gasteiger charge is -2.09. The first-order valence-electron chi connectivity index (χ1n) is 7.28. The van der Waals surface area contributed by atoms with Crippen molar-refractivity contribution >= 4 is 22.8 Å². The molecule has 3 rings (SSSR count). The Hall–Kier alpha value is -2.25. The van der Waals surface area contributed by atoms with E-state index in [1.807, 2.05) is 24.3 Å². The number of aliphatic hydroxyl groups is 1. The third kappa shape index (κ3) is 3.80. The molecular weight excluding hydrogens is 377 g/mol. The number of aromatic nitrogens is 2. The summed E-state index contributed by atoms with van der Waals surface area (Å²) < 4.78 is 14.7. The minimum Gasteiger partial charge on any atom is -1.00 e.